The summed E-state index contributed by atoms with van der Waals surface area (Å²) in [6.07, 6.45) is -4.27. The third-order valence-electron chi connectivity index (χ3n) is 3.44. The molecule has 2 N–H and O–H groups in total. The van der Waals surface area contributed by atoms with Gasteiger partial charge in [-0.1, -0.05) is 0 Å². The predicted octanol–water partition coefficient (Wildman–Crippen LogP) is 4.21. The Kier molecular flexibility index (Phi) is 4.68. The number of H-pyrrole nitrogens is 1. The van der Waals surface area contributed by atoms with E-state index in [2.05, 4.69) is 15.0 Å². The van der Waals surface area contributed by atoms with Gasteiger partial charge in [-0.2, -0.15) is 13.2 Å². The Balaban J connectivity index is 2.36. The zero-order valence-corrected chi connectivity index (χ0v) is 13.0. The molecule has 0 radical (unpaired) electrons. The molecule has 2 aromatic rings. The highest BCUT2D eigenvalue weighted by atomic mass is 19.4. The lowest BCUT2D eigenvalue weighted by atomic mass is 10.1. The van der Waals surface area contributed by atoms with E-state index in [1.54, 1.807) is 12.1 Å². The van der Waals surface area contributed by atoms with Gasteiger partial charge < -0.3 is 15.0 Å². The molecule has 4 nitrogen and oxygen atoms in total. The largest absolute Gasteiger partial charge is 0.463 e. The Morgan fingerprint density at radius 1 is 1.35 bits per heavy atom. The molecule has 7 heteroatoms. The van der Waals surface area contributed by atoms with Crippen LogP contribution >= 0.6 is 0 Å². The van der Waals surface area contributed by atoms with Crippen LogP contribution in [0.15, 0.2) is 30.0 Å². The summed E-state index contributed by atoms with van der Waals surface area (Å²) in [6, 6.07) is 4.82. The first-order valence-electron chi connectivity index (χ1n) is 7.04. The van der Waals surface area contributed by atoms with Crippen molar-refractivity contribution in [3.8, 4) is 0 Å². The molecule has 1 aromatic carbocycles. The minimum Gasteiger partial charge on any atom is -0.463 e. The number of hydrogen-bond donors (Lipinski definition) is 2. The number of ether oxygens (including phenoxy) is 1. The first-order chi connectivity index (χ1) is 10.7. The molecular formula is C16H17F3N2O2. The number of carbonyl (C=O) groups excluding carboxylic acids is 1. The van der Waals surface area contributed by atoms with Crippen molar-refractivity contribution in [2.24, 2.45) is 0 Å². The van der Waals surface area contributed by atoms with Crippen molar-refractivity contribution in [1.29, 1.82) is 0 Å². The molecule has 0 saturated carbocycles. The highest BCUT2D eigenvalue weighted by Gasteiger charge is 2.35. The molecule has 1 heterocycles. The van der Waals surface area contributed by atoms with Crippen molar-refractivity contribution in [2.75, 3.05) is 11.9 Å². The van der Waals surface area contributed by atoms with Gasteiger partial charge in [0.15, 0.2) is 0 Å². The van der Waals surface area contributed by atoms with E-state index in [9.17, 15) is 18.0 Å². The van der Waals surface area contributed by atoms with Crippen LogP contribution in [0.4, 0.5) is 18.9 Å². The zero-order chi connectivity index (χ0) is 17.2. The van der Waals surface area contributed by atoms with Gasteiger partial charge in [-0.15, -0.1) is 0 Å². The maximum atomic E-state index is 13.1. The van der Waals surface area contributed by atoms with Crippen LogP contribution in [0.5, 0.6) is 0 Å². The van der Waals surface area contributed by atoms with Crippen LogP contribution in [-0.4, -0.2) is 23.7 Å². The van der Waals surface area contributed by atoms with Crippen molar-refractivity contribution >= 4 is 22.6 Å². The zero-order valence-electron chi connectivity index (χ0n) is 13.0. The number of aromatic amines is 1. The average molecular weight is 326 g/mol. The molecule has 0 aliphatic rings. The lowest BCUT2D eigenvalue weighted by Gasteiger charge is -2.14. The maximum Gasteiger partial charge on any atom is 0.431 e. The molecule has 0 saturated heterocycles. The SMILES string of the molecule is CCOC(=O)/C=C(\Nc1ccc2[nH]c(C)c(C)c2c1)C(F)(F)F. The minimum atomic E-state index is -4.69. The van der Waals surface area contributed by atoms with Gasteiger partial charge >= 0.3 is 12.1 Å². The molecule has 0 bridgehead atoms. The summed E-state index contributed by atoms with van der Waals surface area (Å²) in [5, 5.41) is 3.08. The number of hydrogen-bond acceptors (Lipinski definition) is 3. The van der Waals surface area contributed by atoms with Gasteiger partial charge in [-0.25, -0.2) is 4.79 Å². The third kappa shape index (κ3) is 3.85. The van der Waals surface area contributed by atoms with Gasteiger partial charge in [0.05, 0.1) is 12.7 Å². The number of rotatable bonds is 4. The fourth-order valence-electron chi connectivity index (χ4n) is 2.19. The van der Waals surface area contributed by atoms with E-state index < -0.39 is 17.8 Å². The van der Waals surface area contributed by atoms with Crippen LogP contribution in [0.25, 0.3) is 10.9 Å². The van der Waals surface area contributed by atoms with Gasteiger partial charge in [-0.05, 0) is 44.5 Å². The molecule has 0 amide bonds. The molecular weight excluding hydrogens is 309 g/mol. The summed E-state index contributed by atoms with van der Waals surface area (Å²) in [6.45, 7) is 5.31. The molecule has 124 valence electrons. The normalized spacial score (nSPS) is 12.5. The number of aryl methyl sites for hydroxylation is 2. The van der Waals surface area contributed by atoms with Gasteiger partial charge in [0, 0.05) is 22.3 Å². The van der Waals surface area contributed by atoms with Crippen molar-refractivity contribution < 1.29 is 22.7 Å². The molecule has 0 spiro atoms. The van der Waals surface area contributed by atoms with E-state index in [0.717, 1.165) is 22.2 Å². The van der Waals surface area contributed by atoms with Crippen molar-refractivity contribution in [3.05, 3.63) is 41.2 Å². The van der Waals surface area contributed by atoms with Crippen molar-refractivity contribution in [1.82, 2.24) is 4.98 Å². The molecule has 0 unspecified atom stereocenters. The first kappa shape index (κ1) is 16.9. The number of alkyl halides is 3. The van der Waals surface area contributed by atoms with Crippen LogP contribution in [0.1, 0.15) is 18.2 Å². The monoisotopic (exact) mass is 326 g/mol. The standard InChI is InChI=1S/C16H17F3N2O2/c1-4-23-15(22)8-14(16(17,18)19)21-11-5-6-13-12(7-11)9(2)10(3)20-13/h5-8,20-21H,4H2,1-3H3/b14-8-. The fraction of sp³-hybridized carbons (Fsp3) is 0.312. The smallest absolute Gasteiger partial charge is 0.431 e. The number of nitrogens with one attached hydrogen (secondary N) is 2. The second-order valence-corrected chi connectivity index (χ2v) is 5.07. The minimum absolute atomic E-state index is 0.00819. The predicted molar refractivity (Wildman–Crippen MR) is 82.2 cm³/mol. The quantitative estimate of drug-likeness (QED) is 0.654. The summed E-state index contributed by atoms with van der Waals surface area (Å²) in [5.74, 6) is -1.04. The number of carbonyl (C=O) groups is 1. The van der Waals surface area contributed by atoms with Crippen LogP contribution in [-0.2, 0) is 9.53 Å². The van der Waals surface area contributed by atoms with E-state index in [4.69, 9.17) is 0 Å². The number of esters is 1. The van der Waals surface area contributed by atoms with Crippen LogP contribution in [0.3, 0.4) is 0 Å². The fourth-order valence-corrected chi connectivity index (χ4v) is 2.19. The van der Waals surface area contributed by atoms with Crippen LogP contribution in [0.2, 0.25) is 0 Å². The van der Waals surface area contributed by atoms with Crippen LogP contribution < -0.4 is 5.32 Å². The third-order valence-corrected chi connectivity index (χ3v) is 3.44. The number of benzene rings is 1. The highest BCUT2D eigenvalue weighted by molar-refractivity contribution is 5.88. The van der Waals surface area contributed by atoms with Gasteiger partial charge in [-0.3, -0.25) is 0 Å². The second kappa shape index (κ2) is 6.36. The summed E-state index contributed by atoms with van der Waals surface area (Å²) in [7, 11) is 0. The number of fused-ring (bicyclic) bond motifs is 1. The van der Waals surface area contributed by atoms with Gasteiger partial charge in [0.25, 0.3) is 0 Å². The van der Waals surface area contributed by atoms with Crippen LogP contribution in [0, 0.1) is 13.8 Å². The molecule has 23 heavy (non-hydrogen) atoms. The Bertz CT molecular complexity index is 761. The summed E-state index contributed by atoms with van der Waals surface area (Å²) < 4.78 is 43.7. The van der Waals surface area contributed by atoms with Gasteiger partial charge in [0.1, 0.15) is 5.70 Å². The molecule has 1 aromatic heterocycles. The van der Waals surface area contributed by atoms with Crippen molar-refractivity contribution in [3.63, 3.8) is 0 Å². The number of allylic oxidation sites excluding steroid dienone is 1. The summed E-state index contributed by atoms with van der Waals surface area (Å²) >= 11 is 0. The highest BCUT2D eigenvalue weighted by Crippen LogP contribution is 2.30. The first-order valence-corrected chi connectivity index (χ1v) is 7.04. The van der Waals surface area contributed by atoms with E-state index in [1.807, 2.05) is 13.8 Å². The molecule has 0 aliphatic heterocycles. The molecule has 0 fully saturated rings. The maximum absolute atomic E-state index is 13.1. The summed E-state index contributed by atoms with van der Waals surface area (Å²) in [4.78, 5) is 14.5. The van der Waals surface area contributed by atoms with E-state index in [0.29, 0.717) is 6.08 Å². The number of halogens is 3. The Morgan fingerprint density at radius 3 is 2.65 bits per heavy atom. The Morgan fingerprint density at radius 2 is 2.04 bits per heavy atom. The molecule has 0 atom stereocenters. The second-order valence-electron chi connectivity index (χ2n) is 5.07. The van der Waals surface area contributed by atoms with E-state index >= 15 is 0 Å². The van der Waals surface area contributed by atoms with Gasteiger partial charge in [0.2, 0.25) is 0 Å². The van der Waals surface area contributed by atoms with Crippen molar-refractivity contribution in [2.45, 2.75) is 26.9 Å². The topological polar surface area (TPSA) is 54.1 Å². The Labute approximate surface area is 131 Å². The van der Waals surface area contributed by atoms with E-state index in [1.165, 1.54) is 13.0 Å². The lowest BCUT2D eigenvalue weighted by Crippen LogP contribution is -2.21. The average Bonchev–Trinajstić information content (AvgIpc) is 2.73. The lowest BCUT2D eigenvalue weighted by molar-refractivity contribution is -0.138. The number of anilines is 1. The summed E-state index contributed by atoms with van der Waals surface area (Å²) in [5.41, 5.74) is 1.84. The van der Waals surface area contributed by atoms with E-state index in [-0.39, 0.29) is 12.3 Å². The molecule has 0 aliphatic carbocycles. The Hall–Kier alpha value is -2.44. The number of aromatic nitrogens is 1. The molecule has 2 rings (SSSR count).